The first-order valence-corrected chi connectivity index (χ1v) is 6.04. The summed E-state index contributed by atoms with van der Waals surface area (Å²) in [6, 6.07) is 8.33. The van der Waals surface area contributed by atoms with Crippen LogP contribution in [0.2, 0.25) is 0 Å². The lowest BCUT2D eigenvalue weighted by molar-refractivity contribution is 0.228. The molecule has 1 fully saturated rings. The Balaban J connectivity index is 0.00000144. The second-order valence-corrected chi connectivity index (χ2v) is 4.07. The van der Waals surface area contributed by atoms with Crippen LogP contribution in [0.5, 0.6) is 5.75 Å². The van der Waals surface area contributed by atoms with Gasteiger partial charge in [-0.3, -0.25) is 4.90 Å². The van der Waals surface area contributed by atoms with Gasteiger partial charge in [-0.05, 0) is 13.0 Å². The van der Waals surface area contributed by atoms with Gasteiger partial charge in [0.05, 0.1) is 6.61 Å². The van der Waals surface area contributed by atoms with E-state index in [-0.39, 0.29) is 24.8 Å². The summed E-state index contributed by atoms with van der Waals surface area (Å²) < 4.78 is 5.64. The van der Waals surface area contributed by atoms with Crippen molar-refractivity contribution < 1.29 is 4.74 Å². The summed E-state index contributed by atoms with van der Waals surface area (Å²) in [4.78, 5) is 2.47. The van der Waals surface area contributed by atoms with Gasteiger partial charge in [-0.25, -0.2) is 0 Å². The second kappa shape index (κ2) is 9.45. The van der Waals surface area contributed by atoms with E-state index in [0.717, 1.165) is 45.1 Å². The topological polar surface area (TPSA) is 24.5 Å². The Kier molecular flexibility index (Phi) is 9.20. The molecular formula is C13H22Cl2N2O. The minimum absolute atomic E-state index is 0. The molecule has 1 aliphatic heterocycles. The quantitative estimate of drug-likeness (QED) is 0.922. The number of hydrogen-bond donors (Lipinski definition) is 1. The van der Waals surface area contributed by atoms with Crippen molar-refractivity contribution in [2.75, 3.05) is 32.8 Å². The van der Waals surface area contributed by atoms with Gasteiger partial charge in [0.2, 0.25) is 0 Å². The molecule has 1 aliphatic rings. The standard InChI is InChI=1S/C13H20N2O.2ClH/c1-2-16-13-6-4-3-5-12(13)11-15-9-7-14-8-10-15;;/h3-6,14H,2,7-11H2,1H3;2*1H. The highest BCUT2D eigenvalue weighted by atomic mass is 35.5. The molecule has 1 heterocycles. The summed E-state index contributed by atoms with van der Waals surface area (Å²) in [5, 5.41) is 3.37. The molecule has 1 aromatic carbocycles. The van der Waals surface area contributed by atoms with Crippen molar-refractivity contribution in [1.82, 2.24) is 10.2 Å². The number of hydrogen-bond acceptors (Lipinski definition) is 3. The maximum absolute atomic E-state index is 5.64. The molecule has 0 aromatic heterocycles. The van der Waals surface area contributed by atoms with Gasteiger partial charge in [0, 0.05) is 38.3 Å². The predicted molar refractivity (Wildman–Crippen MR) is 80.3 cm³/mol. The number of benzene rings is 1. The fourth-order valence-corrected chi connectivity index (χ4v) is 2.04. The molecule has 0 aliphatic carbocycles. The van der Waals surface area contributed by atoms with Gasteiger partial charge >= 0.3 is 0 Å². The lowest BCUT2D eigenvalue weighted by Crippen LogP contribution is -2.42. The van der Waals surface area contributed by atoms with Gasteiger partial charge in [-0.1, -0.05) is 18.2 Å². The van der Waals surface area contributed by atoms with Crippen molar-refractivity contribution in [3.8, 4) is 5.75 Å². The highest BCUT2D eigenvalue weighted by molar-refractivity contribution is 5.85. The van der Waals surface area contributed by atoms with E-state index < -0.39 is 0 Å². The monoisotopic (exact) mass is 292 g/mol. The van der Waals surface area contributed by atoms with Gasteiger partial charge < -0.3 is 10.1 Å². The Hall–Kier alpha value is -0.480. The minimum Gasteiger partial charge on any atom is -0.494 e. The molecule has 0 radical (unpaired) electrons. The van der Waals surface area contributed by atoms with Crippen LogP contribution in [0.1, 0.15) is 12.5 Å². The molecule has 0 amide bonds. The first kappa shape index (κ1) is 17.5. The smallest absolute Gasteiger partial charge is 0.123 e. The minimum atomic E-state index is 0. The third-order valence-electron chi connectivity index (χ3n) is 2.88. The number of halogens is 2. The van der Waals surface area contributed by atoms with E-state index in [9.17, 15) is 0 Å². The third kappa shape index (κ3) is 5.02. The number of ether oxygens (including phenoxy) is 1. The van der Waals surface area contributed by atoms with E-state index in [1.54, 1.807) is 0 Å². The van der Waals surface area contributed by atoms with Crippen LogP contribution in [0.4, 0.5) is 0 Å². The number of rotatable bonds is 4. The van der Waals surface area contributed by atoms with Crippen LogP contribution in [-0.4, -0.2) is 37.7 Å². The zero-order chi connectivity index (χ0) is 11.2. The van der Waals surface area contributed by atoms with Crippen molar-refractivity contribution in [3.05, 3.63) is 29.8 Å². The fourth-order valence-electron chi connectivity index (χ4n) is 2.04. The largest absolute Gasteiger partial charge is 0.494 e. The summed E-state index contributed by atoms with van der Waals surface area (Å²) >= 11 is 0. The molecule has 0 atom stereocenters. The van der Waals surface area contributed by atoms with E-state index in [1.165, 1.54) is 5.56 Å². The number of para-hydroxylation sites is 1. The van der Waals surface area contributed by atoms with E-state index in [1.807, 2.05) is 13.0 Å². The Morgan fingerprint density at radius 3 is 2.50 bits per heavy atom. The second-order valence-electron chi connectivity index (χ2n) is 4.07. The summed E-state index contributed by atoms with van der Waals surface area (Å²) in [6.07, 6.45) is 0. The van der Waals surface area contributed by atoms with Crippen LogP contribution >= 0.6 is 24.8 Å². The molecule has 1 N–H and O–H groups in total. The summed E-state index contributed by atoms with van der Waals surface area (Å²) in [5.41, 5.74) is 1.30. The fraction of sp³-hybridized carbons (Fsp3) is 0.538. The molecule has 1 aromatic rings. The molecule has 0 unspecified atom stereocenters. The van der Waals surface area contributed by atoms with Gasteiger partial charge in [0.1, 0.15) is 5.75 Å². The average molecular weight is 293 g/mol. The molecule has 0 bridgehead atoms. The zero-order valence-electron chi connectivity index (χ0n) is 10.7. The zero-order valence-corrected chi connectivity index (χ0v) is 12.4. The van der Waals surface area contributed by atoms with E-state index in [2.05, 4.69) is 28.4 Å². The van der Waals surface area contributed by atoms with Crippen LogP contribution < -0.4 is 10.1 Å². The predicted octanol–water partition coefficient (Wildman–Crippen LogP) is 2.33. The highest BCUT2D eigenvalue weighted by Crippen LogP contribution is 2.19. The van der Waals surface area contributed by atoms with Gasteiger partial charge in [-0.2, -0.15) is 0 Å². The molecule has 1 saturated heterocycles. The van der Waals surface area contributed by atoms with Crippen molar-refractivity contribution >= 4 is 24.8 Å². The molecule has 104 valence electrons. The number of piperazine rings is 1. The molecule has 0 spiro atoms. The van der Waals surface area contributed by atoms with Crippen LogP contribution in [0.3, 0.4) is 0 Å². The van der Waals surface area contributed by atoms with Crippen molar-refractivity contribution in [2.45, 2.75) is 13.5 Å². The Labute approximate surface area is 122 Å². The van der Waals surface area contributed by atoms with Gasteiger partial charge in [0.25, 0.3) is 0 Å². The molecule has 0 saturated carbocycles. The Morgan fingerprint density at radius 2 is 1.83 bits per heavy atom. The molecular weight excluding hydrogens is 271 g/mol. The molecule has 2 rings (SSSR count). The van der Waals surface area contributed by atoms with Crippen LogP contribution in [-0.2, 0) is 6.54 Å². The lowest BCUT2D eigenvalue weighted by atomic mass is 10.2. The maximum Gasteiger partial charge on any atom is 0.123 e. The van der Waals surface area contributed by atoms with Crippen LogP contribution in [0.15, 0.2) is 24.3 Å². The van der Waals surface area contributed by atoms with Crippen LogP contribution in [0.25, 0.3) is 0 Å². The summed E-state index contributed by atoms with van der Waals surface area (Å²) in [5.74, 6) is 1.03. The molecule has 3 nitrogen and oxygen atoms in total. The van der Waals surface area contributed by atoms with Gasteiger partial charge in [-0.15, -0.1) is 24.8 Å². The summed E-state index contributed by atoms with van der Waals surface area (Å²) in [7, 11) is 0. The average Bonchev–Trinajstić information content (AvgIpc) is 2.33. The van der Waals surface area contributed by atoms with Crippen molar-refractivity contribution in [3.63, 3.8) is 0 Å². The van der Waals surface area contributed by atoms with Crippen molar-refractivity contribution in [1.29, 1.82) is 0 Å². The van der Waals surface area contributed by atoms with E-state index in [4.69, 9.17) is 4.74 Å². The highest BCUT2D eigenvalue weighted by Gasteiger charge is 2.12. The lowest BCUT2D eigenvalue weighted by Gasteiger charge is -2.27. The molecule has 5 heteroatoms. The van der Waals surface area contributed by atoms with Crippen LogP contribution in [0, 0.1) is 0 Å². The Morgan fingerprint density at radius 1 is 1.17 bits per heavy atom. The first-order valence-electron chi connectivity index (χ1n) is 6.04. The number of nitrogens with zero attached hydrogens (tertiary/aromatic N) is 1. The number of nitrogens with one attached hydrogen (secondary N) is 1. The first-order chi connectivity index (χ1) is 7.90. The van der Waals surface area contributed by atoms with Gasteiger partial charge in [0.15, 0.2) is 0 Å². The van der Waals surface area contributed by atoms with Crippen molar-refractivity contribution in [2.24, 2.45) is 0 Å². The van der Waals surface area contributed by atoms with E-state index >= 15 is 0 Å². The molecule has 18 heavy (non-hydrogen) atoms. The SMILES string of the molecule is CCOc1ccccc1CN1CCNCC1.Cl.Cl. The van der Waals surface area contributed by atoms with E-state index in [0.29, 0.717) is 0 Å². The Bertz CT molecular complexity index is 331. The maximum atomic E-state index is 5.64. The summed E-state index contributed by atoms with van der Waals surface area (Å²) in [6.45, 7) is 8.20. The third-order valence-corrected chi connectivity index (χ3v) is 2.88. The normalized spacial score (nSPS) is 15.4.